The molecule has 0 saturated carbocycles. The van der Waals surface area contributed by atoms with Crippen molar-refractivity contribution in [2.75, 3.05) is 20.8 Å². The summed E-state index contributed by atoms with van der Waals surface area (Å²) in [5.41, 5.74) is 4.43. The molecule has 0 atom stereocenters. The molecule has 1 heterocycles. The Morgan fingerprint density at radius 1 is 1.00 bits per heavy atom. The van der Waals surface area contributed by atoms with E-state index >= 15 is 0 Å². The smallest absolute Gasteiger partial charge is 0.210 e. The van der Waals surface area contributed by atoms with Gasteiger partial charge in [0.1, 0.15) is 5.75 Å². The van der Waals surface area contributed by atoms with Crippen LogP contribution in [0, 0.1) is 0 Å². The Bertz CT molecular complexity index is 773. The minimum Gasteiger partial charge on any atom is -0.508 e. The van der Waals surface area contributed by atoms with Crippen LogP contribution in [-0.4, -0.2) is 37.2 Å². The molecule has 0 fully saturated rings. The fourth-order valence-electron chi connectivity index (χ4n) is 3.43. The summed E-state index contributed by atoms with van der Waals surface area (Å²) >= 11 is 0. The highest BCUT2D eigenvalue weighted by Crippen LogP contribution is 2.35. The van der Waals surface area contributed by atoms with Crippen molar-refractivity contribution >= 4 is 6.41 Å². The van der Waals surface area contributed by atoms with Crippen LogP contribution >= 0.6 is 0 Å². The van der Waals surface area contributed by atoms with Crippen LogP contribution in [0.3, 0.4) is 0 Å². The standard InChI is InChI=1S/C20H23NO4/c1-24-19-8-6-15-4-3-14-5-7-17(23)11-16(14)9-10-21(13-22)12-18(15)20(19)25-2/h5-8,11,13,23H,3-4,9-10,12H2,1-2H3. The van der Waals surface area contributed by atoms with E-state index in [1.165, 1.54) is 5.56 Å². The largest absolute Gasteiger partial charge is 0.508 e. The molecule has 0 spiro atoms. The van der Waals surface area contributed by atoms with Crippen molar-refractivity contribution in [3.63, 3.8) is 0 Å². The number of hydrogen-bond donors (Lipinski definition) is 1. The number of methoxy groups -OCH3 is 2. The van der Waals surface area contributed by atoms with Crippen molar-refractivity contribution < 1.29 is 19.4 Å². The van der Waals surface area contributed by atoms with E-state index in [0.717, 1.165) is 35.9 Å². The van der Waals surface area contributed by atoms with Crippen molar-refractivity contribution in [1.82, 2.24) is 4.90 Å². The number of rotatable bonds is 3. The Morgan fingerprint density at radius 2 is 1.76 bits per heavy atom. The zero-order chi connectivity index (χ0) is 17.8. The third-order valence-corrected chi connectivity index (χ3v) is 4.78. The van der Waals surface area contributed by atoms with Gasteiger partial charge in [0.05, 0.1) is 14.2 Å². The van der Waals surface area contributed by atoms with E-state index in [4.69, 9.17) is 9.47 Å². The van der Waals surface area contributed by atoms with Gasteiger partial charge >= 0.3 is 0 Å². The summed E-state index contributed by atoms with van der Waals surface area (Å²) in [6.07, 6.45) is 3.29. The normalized spacial score (nSPS) is 14.2. The fraction of sp³-hybridized carbons (Fsp3) is 0.350. The molecule has 1 N–H and O–H groups in total. The van der Waals surface area contributed by atoms with Crippen LogP contribution in [0.25, 0.3) is 0 Å². The van der Waals surface area contributed by atoms with Gasteiger partial charge in [-0.2, -0.15) is 0 Å². The molecular formula is C20H23NO4. The SMILES string of the molecule is COc1ccc2c(c1OC)CN(C=O)CCc1cc(O)ccc1CC2. The topological polar surface area (TPSA) is 59.0 Å². The van der Waals surface area contributed by atoms with Crippen LogP contribution in [0.4, 0.5) is 0 Å². The van der Waals surface area contributed by atoms with Crippen LogP contribution in [-0.2, 0) is 30.6 Å². The molecule has 0 saturated heterocycles. The predicted molar refractivity (Wildman–Crippen MR) is 95.2 cm³/mol. The number of carbonyl (C=O) groups is 1. The summed E-state index contributed by atoms with van der Waals surface area (Å²) in [6, 6.07) is 9.44. The zero-order valence-electron chi connectivity index (χ0n) is 14.6. The highest BCUT2D eigenvalue weighted by molar-refractivity contribution is 5.54. The second-order valence-corrected chi connectivity index (χ2v) is 6.22. The third-order valence-electron chi connectivity index (χ3n) is 4.78. The lowest BCUT2D eigenvalue weighted by molar-refractivity contribution is -0.118. The molecule has 2 aromatic carbocycles. The van der Waals surface area contributed by atoms with Crippen LogP contribution in [0.5, 0.6) is 17.2 Å². The first-order chi connectivity index (χ1) is 12.2. The molecule has 5 nitrogen and oxygen atoms in total. The maximum absolute atomic E-state index is 11.6. The second-order valence-electron chi connectivity index (χ2n) is 6.22. The first-order valence-electron chi connectivity index (χ1n) is 8.39. The van der Waals surface area contributed by atoms with E-state index in [1.807, 2.05) is 18.2 Å². The molecule has 0 aliphatic carbocycles. The van der Waals surface area contributed by atoms with Crippen LogP contribution < -0.4 is 9.47 Å². The number of phenolic OH excluding ortho intramolecular Hbond substituents is 1. The maximum atomic E-state index is 11.6. The van der Waals surface area contributed by atoms with Crippen molar-refractivity contribution in [2.45, 2.75) is 25.8 Å². The number of phenols is 1. The molecule has 0 aromatic heterocycles. The molecule has 3 rings (SSSR count). The van der Waals surface area contributed by atoms with Gasteiger partial charge in [-0.05, 0) is 54.2 Å². The van der Waals surface area contributed by atoms with Gasteiger partial charge in [0.2, 0.25) is 6.41 Å². The van der Waals surface area contributed by atoms with E-state index in [-0.39, 0.29) is 5.75 Å². The van der Waals surface area contributed by atoms with Gasteiger partial charge < -0.3 is 19.5 Å². The molecule has 5 heteroatoms. The Hall–Kier alpha value is -2.69. The monoisotopic (exact) mass is 341 g/mol. The van der Waals surface area contributed by atoms with Gasteiger partial charge in [0.25, 0.3) is 0 Å². The minimum absolute atomic E-state index is 0.264. The van der Waals surface area contributed by atoms with Gasteiger partial charge in [-0.1, -0.05) is 12.1 Å². The van der Waals surface area contributed by atoms with Gasteiger partial charge in [0, 0.05) is 18.7 Å². The Labute approximate surface area is 147 Å². The number of ether oxygens (including phenoxy) is 2. The number of benzene rings is 2. The summed E-state index contributed by atoms with van der Waals surface area (Å²) in [7, 11) is 3.24. The lowest BCUT2D eigenvalue weighted by Gasteiger charge is -2.25. The third kappa shape index (κ3) is 3.55. The first kappa shape index (κ1) is 17.1. The summed E-state index contributed by atoms with van der Waals surface area (Å²) in [5, 5.41) is 9.77. The van der Waals surface area contributed by atoms with Gasteiger partial charge in [0.15, 0.2) is 11.5 Å². The van der Waals surface area contributed by atoms with E-state index < -0.39 is 0 Å². The predicted octanol–water partition coefficient (Wildman–Crippen LogP) is 2.71. The Kier molecular flexibility index (Phi) is 5.12. The average molecular weight is 341 g/mol. The molecule has 1 aliphatic heterocycles. The number of hydrogen-bond acceptors (Lipinski definition) is 4. The summed E-state index contributed by atoms with van der Waals surface area (Å²) in [5.74, 6) is 1.63. The van der Waals surface area contributed by atoms with E-state index in [9.17, 15) is 9.90 Å². The average Bonchev–Trinajstić information content (AvgIpc) is 2.64. The van der Waals surface area contributed by atoms with Gasteiger partial charge in [-0.3, -0.25) is 4.79 Å². The molecule has 1 aliphatic rings. The Balaban J connectivity index is 2.05. The minimum atomic E-state index is 0.264. The first-order valence-corrected chi connectivity index (χ1v) is 8.39. The van der Waals surface area contributed by atoms with E-state index in [2.05, 4.69) is 0 Å². The molecule has 0 unspecified atom stereocenters. The number of carbonyl (C=O) groups excluding carboxylic acids is 1. The molecule has 0 bridgehead atoms. The van der Waals surface area contributed by atoms with Crippen LogP contribution in [0.1, 0.15) is 22.3 Å². The number of aromatic hydroxyl groups is 1. The van der Waals surface area contributed by atoms with E-state index in [0.29, 0.717) is 31.0 Å². The quantitative estimate of drug-likeness (QED) is 0.872. The Morgan fingerprint density at radius 3 is 2.48 bits per heavy atom. The molecule has 0 radical (unpaired) electrons. The van der Waals surface area contributed by atoms with Gasteiger partial charge in [-0.15, -0.1) is 0 Å². The number of nitrogens with zero attached hydrogens (tertiary/aromatic N) is 1. The van der Waals surface area contributed by atoms with E-state index in [1.54, 1.807) is 31.3 Å². The second kappa shape index (κ2) is 7.47. The lowest BCUT2D eigenvalue weighted by Crippen LogP contribution is -2.26. The van der Waals surface area contributed by atoms with Gasteiger partial charge in [-0.25, -0.2) is 0 Å². The van der Waals surface area contributed by atoms with Crippen molar-refractivity contribution in [1.29, 1.82) is 0 Å². The number of fused-ring (bicyclic) bond motifs is 2. The van der Waals surface area contributed by atoms with Crippen LogP contribution in [0.2, 0.25) is 0 Å². The van der Waals surface area contributed by atoms with Crippen molar-refractivity contribution in [3.8, 4) is 17.2 Å². The summed E-state index contributed by atoms with van der Waals surface area (Å²) in [6.45, 7) is 1.06. The maximum Gasteiger partial charge on any atom is 0.210 e. The summed E-state index contributed by atoms with van der Waals surface area (Å²) < 4.78 is 11.0. The molecule has 1 amide bonds. The van der Waals surface area contributed by atoms with Crippen molar-refractivity contribution in [3.05, 3.63) is 52.6 Å². The zero-order valence-corrected chi connectivity index (χ0v) is 14.6. The van der Waals surface area contributed by atoms with Crippen molar-refractivity contribution in [2.24, 2.45) is 0 Å². The lowest BCUT2D eigenvalue weighted by atomic mass is 9.93. The number of aryl methyl sites for hydroxylation is 2. The molecule has 132 valence electrons. The molecule has 25 heavy (non-hydrogen) atoms. The fourth-order valence-corrected chi connectivity index (χ4v) is 3.43. The highest BCUT2D eigenvalue weighted by atomic mass is 16.5. The van der Waals surface area contributed by atoms with Crippen LogP contribution in [0.15, 0.2) is 30.3 Å². The summed E-state index contributed by atoms with van der Waals surface area (Å²) in [4.78, 5) is 13.3. The molecular weight excluding hydrogens is 318 g/mol. The molecule has 2 aromatic rings. The highest BCUT2D eigenvalue weighted by Gasteiger charge is 2.19. The number of amides is 1.